The van der Waals surface area contributed by atoms with Crippen LogP contribution in [0, 0.1) is 11.8 Å². The van der Waals surface area contributed by atoms with Crippen molar-refractivity contribution in [3.8, 4) is 0 Å². The minimum absolute atomic E-state index is 0. The summed E-state index contributed by atoms with van der Waals surface area (Å²) in [4.78, 5) is 15.0. The van der Waals surface area contributed by atoms with Crippen molar-refractivity contribution in [2.75, 3.05) is 19.6 Å². The van der Waals surface area contributed by atoms with Crippen LogP contribution in [0.4, 0.5) is 0 Å². The lowest BCUT2D eigenvalue weighted by Gasteiger charge is -2.17. The summed E-state index contributed by atoms with van der Waals surface area (Å²) in [6, 6.07) is 16.1. The fraction of sp³-hybridized carbons (Fsp3) is 0.381. The third kappa shape index (κ3) is 4.12. The molecule has 2 aliphatic rings. The number of hydrogen-bond donors (Lipinski definition) is 1. The molecular weight excluding hydrogens is 403 g/mol. The Morgan fingerprint density at radius 1 is 1.00 bits per heavy atom. The van der Waals surface area contributed by atoms with Crippen molar-refractivity contribution in [2.45, 2.75) is 18.3 Å². The van der Waals surface area contributed by atoms with Crippen molar-refractivity contribution < 1.29 is 4.79 Å². The van der Waals surface area contributed by atoms with Crippen LogP contribution in [0.25, 0.3) is 0 Å². The molecule has 1 aliphatic heterocycles. The molecule has 1 heterocycles. The van der Waals surface area contributed by atoms with Crippen molar-refractivity contribution >= 4 is 41.5 Å². The van der Waals surface area contributed by atoms with Crippen molar-refractivity contribution in [3.05, 3.63) is 69.7 Å². The minimum atomic E-state index is 0. The smallest absolute Gasteiger partial charge is 0.226 e. The second-order valence-corrected chi connectivity index (χ2v) is 8.19. The Bertz CT molecular complexity index is 814. The first-order valence-electron chi connectivity index (χ1n) is 9.07. The van der Waals surface area contributed by atoms with Crippen LogP contribution in [0.5, 0.6) is 0 Å². The molecule has 0 bridgehead atoms. The van der Waals surface area contributed by atoms with E-state index in [-0.39, 0.29) is 30.2 Å². The molecule has 2 aromatic rings. The lowest BCUT2D eigenvalue weighted by molar-refractivity contribution is -0.131. The number of benzene rings is 2. The van der Waals surface area contributed by atoms with Crippen LogP contribution in [0.15, 0.2) is 48.5 Å². The lowest BCUT2D eigenvalue weighted by Crippen LogP contribution is -2.31. The molecule has 0 aromatic heterocycles. The molecule has 0 radical (unpaired) electrons. The van der Waals surface area contributed by atoms with E-state index in [9.17, 15) is 4.79 Å². The van der Waals surface area contributed by atoms with Gasteiger partial charge in [0, 0.05) is 24.9 Å². The highest BCUT2D eigenvalue weighted by Gasteiger charge is 2.48. The Morgan fingerprint density at radius 2 is 1.74 bits per heavy atom. The number of rotatable bonds is 4. The first-order valence-corrected chi connectivity index (χ1v) is 9.82. The van der Waals surface area contributed by atoms with E-state index in [0.717, 1.165) is 25.1 Å². The van der Waals surface area contributed by atoms with E-state index in [0.29, 0.717) is 28.4 Å². The fourth-order valence-corrected chi connectivity index (χ4v) is 4.49. The normalized spacial score (nSPS) is 26.6. The summed E-state index contributed by atoms with van der Waals surface area (Å²) in [5.41, 5.74) is 8.38. The molecule has 1 aliphatic carbocycles. The van der Waals surface area contributed by atoms with Crippen LogP contribution in [0.2, 0.25) is 10.0 Å². The number of nitrogens with two attached hydrogens (primary N) is 1. The van der Waals surface area contributed by atoms with Gasteiger partial charge in [-0.15, -0.1) is 12.4 Å². The Hall–Kier alpha value is -1.26. The number of hydrogen-bond acceptors (Lipinski definition) is 2. The quantitative estimate of drug-likeness (QED) is 0.770. The van der Waals surface area contributed by atoms with Crippen LogP contribution in [-0.2, 0) is 4.79 Å². The van der Waals surface area contributed by atoms with E-state index in [1.165, 1.54) is 5.56 Å². The zero-order chi connectivity index (χ0) is 18.3. The van der Waals surface area contributed by atoms with Crippen molar-refractivity contribution in [2.24, 2.45) is 17.6 Å². The molecular formula is C21H23Cl3N2O. The van der Waals surface area contributed by atoms with Gasteiger partial charge in [-0.3, -0.25) is 4.79 Å². The van der Waals surface area contributed by atoms with Crippen LogP contribution in [0.1, 0.15) is 29.4 Å². The zero-order valence-electron chi connectivity index (χ0n) is 14.9. The summed E-state index contributed by atoms with van der Waals surface area (Å²) in [6.07, 6.45) is 0.886. The van der Waals surface area contributed by atoms with Crippen LogP contribution in [-0.4, -0.2) is 30.4 Å². The molecule has 3 nitrogen and oxygen atoms in total. The van der Waals surface area contributed by atoms with Gasteiger partial charge >= 0.3 is 0 Å². The van der Waals surface area contributed by atoms with Gasteiger partial charge in [0.25, 0.3) is 0 Å². The number of halogens is 3. The number of likely N-dealkylation sites (tertiary alicyclic amines) is 1. The molecule has 0 spiro atoms. The zero-order valence-corrected chi connectivity index (χ0v) is 17.2. The third-order valence-electron chi connectivity index (χ3n) is 5.76. The molecule has 2 aromatic carbocycles. The molecule has 1 saturated heterocycles. The van der Waals surface area contributed by atoms with Gasteiger partial charge in [0.15, 0.2) is 0 Å². The van der Waals surface area contributed by atoms with Crippen molar-refractivity contribution in [1.82, 2.24) is 4.90 Å². The number of nitrogens with zero attached hydrogens (tertiary/aromatic N) is 1. The van der Waals surface area contributed by atoms with Gasteiger partial charge in [0.05, 0.1) is 10.0 Å². The summed E-state index contributed by atoms with van der Waals surface area (Å²) >= 11 is 12.1. The Labute approximate surface area is 176 Å². The molecule has 1 amide bonds. The van der Waals surface area contributed by atoms with Crippen LogP contribution < -0.4 is 5.73 Å². The van der Waals surface area contributed by atoms with Gasteiger partial charge in [0.1, 0.15) is 0 Å². The van der Waals surface area contributed by atoms with Crippen molar-refractivity contribution in [3.63, 3.8) is 0 Å². The second kappa shape index (κ2) is 8.40. The summed E-state index contributed by atoms with van der Waals surface area (Å²) in [7, 11) is 0. The highest BCUT2D eigenvalue weighted by atomic mass is 35.5. The number of carbonyl (C=O) groups is 1. The highest BCUT2D eigenvalue weighted by Crippen LogP contribution is 2.50. The predicted molar refractivity (Wildman–Crippen MR) is 113 cm³/mol. The molecule has 1 saturated carbocycles. The topological polar surface area (TPSA) is 46.3 Å². The largest absolute Gasteiger partial charge is 0.341 e. The van der Waals surface area contributed by atoms with Gasteiger partial charge in [-0.2, -0.15) is 0 Å². The summed E-state index contributed by atoms with van der Waals surface area (Å²) in [6.45, 7) is 2.11. The SMILES string of the molecule is Cl.NC[C@@H]1CN(C(=O)C2CC2c2ccc(Cl)c(Cl)c2)C[C@H]1c1ccccc1. The average molecular weight is 426 g/mol. The van der Waals surface area contributed by atoms with Gasteiger partial charge in [-0.1, -0.05) is 59.6 Å². The second-order valence-electron chi connectivity index (χ2n) is 7.38. The molecule has 4 atom stereocenters. The predicted octanol–water partition coefficient (Wildman–Crippen LogP) is 4.72. The molecule has 2 unspecified atom stereocenters. The number of amides is 1. The maximum Gasteiger partial charge on any atom is 0.226 e. The fourth-order valence-electron chi connectivity index (χ4n) is 4.18. The monoisotopic (exact) mass is 424 g/mol. The van der Waals surface area contributed by atoms with E-state index >= 15 is 0 Å². The molecule has 144 valence electrons. The van der Waals surface area contributed by atoms with Gasteiger partial charge in [-0.25, -0.2) is 0 Å². The van der Waals surface area contributed by atoms with Gasteiger partial charge in [0.2, 0.25) is 5.91 Å². The lowest BCUT2D eigenvalue weighted by atomic mass is 9.89. The molecule has 6 heteroatoms. The third-order valence-corrected chi connectivity index (χ3v) is 6.50. The average Bonchev–Trinajstić information content (AvgIpc) is 3.34. The standard InChI is InChI=1S/C21H22Cl2N2O.ClH/c22-19-7-6-14(8-20(19)23)16-9-17(16)21(26)25-11-15(10-24)18(12-25)13-4-2-1-3-5-13;/h1-8,15-18H,9-12,24H2;1H/t15-,16?,17?,18+;/m1./s1. The van der Waals surface area contributed by atoms with E-state index in [1.807, 2.05) is 29.2 Å². The van der Waals surface area contributed by atoms with Crippen molar-refractivity contribution in [1.29, 1.82) is 0 Å². The molecule has 4 rings (SSSR count). The van der Waals surface area contributed by atoms with Crippen LogP contribution in [0.3, 0.4) is 0 Å². The summed E-state index contributed by atoms with van der Waals surface area (Å²) in [5.74, 6) is 1.21. The molecule has 2 N–H and O–H groups in total. The van der Waals surface area contributed by atoms with E-state index in [4.69, 9.17) is 28.9 Å². The van der Waals surface area contributed by atoms with E-state index in [1.54, 1.807) is 0 Å². The highest BCUT2D eigenvalue weighted by molar-refractivity contribution is 6.42. The molecule has 27 heavy (non-hydrogen) atoms. The summed E-state index contributed by atoms with van der Waals surface area (Å²) < 4.78 is 0. The van der Waals surface area contributed by atoms with E-state index < -0.39 is 0 Å². The maximum absolute atomic E-state index is 13.0. The minimum Gasteiger partial charge on any atom is -0.341 e. The maximum atomic E-state index is 13.0. The first-order chi connectivity index (χ1) is 12.6. The Kier molecular flexibility index (Phi) is 6.37. The van der Waals surface area contributed by atoms with Gasteiger partial charge < -0.3 is 10.6 Å². The van der Waals surface area contributed by atoms with E-state index in [2.05, 4.69) is 24.3 Å². The Morgan fingerprint density at radius 3 is 2.41 bits per heavy atom. The first kappa shape index (κ1) is 20.5. The van der Waals surface area contributed by atoms with Crippen LogP contribution >= 0.6 is 35.6 Å². The van der Waals surface area contributed by atoms with Gasteiger partial charge in [-0.05, 0) is 48.1 Å². The molecule has 2 fully saturated rings. The summed E-state index contributed by atoms with van der Waals surface area (Å²) in [5, 5.41) is 1.10. The number of carbonyl (C=O) groups excluding carboxylic acids is 1. The Balaban J connectivity index is 0.00000210.